The lowest BCUT2D eigenvalue weighted by atomic mass is 10.1. The van der Waals surface area contributed by atoms with E-state index >= 15 is 0 Å². The molecule has 0 aliphatic carbocycles. The molecule has 0 atom stereocenters. The number of hydrogen-bond acceptors (Lipinski definition) is 5. The third-order valence-corrected chi connectivity index (χ3v) is 2.75. The van der Waals surface area contributed by atoms with Crippen LogP contribution in [0.25, 0.3) is 0 Å². The van der Waals surface area contributed by atoms with E-state index in [1.165, 1.54) is 0 Å². The minimum absolute atomic E-state index is 0.511. The van der Waals surface area contributed by atoms with Crippen molar-refractivity contribution in [1.29, 1.82) is 0 Å². The maximum atomic E-state index is 5.45. The maximum absolute atomic E-state index is 5.45. The van der Waals surface area contributed by atoms with Crippen LogP contribution in [-0.2, 0) is 18.9 Å². The Hall–Kier alpha value is -0.200. The SMILES string of the molecule is CC(C)CCOCCOCCOCCOCCNC(C)C. The van der Waals surface area contributed by atoms with Crippen LogP contribution in [0.15, 0.2) is 0 Å². The smallest absolute Gasteiger partial charge is 0.0701 e. The van der Waals surface area contributed by atoms with Gasteiger partial charge in [0.1, 0.15) is 0 Å². The van der Waals surface area contributed by atoms with E-state index < -0.39 is 0 Å². The predicted octanol–water partition coefficient (Wildman–Crippen LogP) is 2.10. The summed E-state index contributed by atoms with van der Waals surface area (Å²) in [6, 6.07) is 0.511. The Bertz CT molecular complexity index is 181. The van der Waals surface area contributed by atoms with E-state index in [1.54, 1.807) is 0 Å². The molecule has 0 bridgehead atoms. The third kappa shape index (κ3) is 19.8. The molecular weight excluding hydrogens is 270 g/mol. The van der Waals surface area contributed by atoms with Crippen LogP contribution in [-0.4, -0.2) is 65.4 Å². The highest BCUT2D eigenvalue weighted by atomic mass is 16.6. The minimum atomic E-state index is 0.511. The van der Waals surface area contributed by atoms with Gasteiger partial charge in [-0.1, -0.05) is 27.7 Å². The Balaban J connectivity index is 2.96. The molecule has 0 aromatic heterocycles. The lowest BCUT2D eigenvalue weighted by Crippen LogP contribution is -2.27. The lowest BCUT2D eigenvalue weighted by molar-refractivity contribution is -0.00246. The second-order valence-corrected chi connectivity index (χ2v) is 5.74. The fourth-order valence-corrected chi connectivity index (χ4v) is 1.50. The summed E-state index contributed by atoms with van der Waals surface area (Å²) < 4.78 is 21.7. The molecule has 0 aromatic carbocycles. The summed E-state index contributed by atoms with van der Waals surface area (Å²) in [5.74, 6) is 0.697. The van der Waals surface area contributed by atoms with Gasteiger partial charge in [0.25, 0.3) is 0 Å². The molecule has 0 unspecified atom stereocenters. The van der Waals surface area contributed by atoms with E-state index in [4.69, 9.17) is 18.9 Å². The van der Waals surface area contributed by atoms with Crippen molar-refractivity contribution >= 4 is 0 Å². The minimum Gasteiger partial charge on any atom is -0.379 e. The molecule has 0 fully saturated rings. The zero-order valence-corrected chi connectivity index (χ0v) is 14.4. The Morgan fingerprint density at radius 2 is 1.05 bits per heavy atom. The van der Waals surface area contributed by atoms with Gasteiger partial charge in [0, 0.05) is 19.2 Å². The van der Waals surface area contributed by atoms with Gasteiger partial charge in [-0.2, -0.15) is 0 Å². The van der Waals surface area contributed by atoms with Crippen LogP contribution in [0.1, 0.15) is 34.1 Å². The molecule has 0 rings (SSSR count). The van der Waals surface area contributed by atoms with Crippen molar-refractivity contribution in [1.82, 2.24) is 5.32 Å². The molecular formula is C16H35NO4. The first-order chi connectivity index (χ1) is 10.1. The van der Waals surface area contributed by atoms with Crippen LogP contribution < -0.4 is 5.32 Å². The fourth-order valence-electron chi connectivity index (χ4n) is 1.50. The number of hydrogen-bond donors (Lipinski definition) is 1. The molecule has 0 aliphatic rings. The monoisotopic (exact) mass is 305 g/mol. The van der Waals surface area contributed by atoms with Gasteiger partial charge in [0.15, 0.2) is 0 Å². The Morgan fingerprint density at radius 1 is 0.619 bits per heavy atom. The van der Waals surface area contributed by atoms with E-state index in [9.17, 15) is 0 Å². The zero-order chi connectivity index (χ0) is 15.8. The first-order valence-corrected chi connectivity index (χ1v) is 8.17. The van der Waals surface area contributed by atoms with Crippen molar-refractivity contribution in [2.75, 3.05) is 59.4 Å². The van der Waals surface area contributed by atoms with Crippen LogP contribution in [0.3, 0.4) is 0 Å². The molecule has 0 aromatic rings. The van der Waals surface area contributed by atoms with Crippen LogP contribution >= 0.6 is 0 Å². The first kappa shape index (κ1) is 20.8. The Labute approximate surface area is 130 Å². The van der Waals surface area contributed by atoms with E-state index in [-0.39, 0.29) is 0 Å². The summed E-state index contributed by atoms with van der Waals surface area (Å²) in [6.45, 7) is 14.9. The third-order valence-electron chi connectivity index (χ3n) is 2.75. The molecule has 21 heavy (non-hydrogen) atoms. The van der Waals surface area contributed by atoms with Crippen molar-refractivity contribution in [2.45, 2.75) is 40.2 Å². The summed E-state index contributed by atoms with van der Waals surface area (Å²) in [5, 5.41) is 3.29. The lowest BCUT2D eigenvalue weighted by Gasteiger charge is -2.09. The molecule has 1 N–H and O–H groups in total. The largest absolute Gasteiger partial charge is 0.379 e. The number of rotatable bonds is 16. The quantitative estimate of drug-likeness (QED) is 0.443. The molecule has 0 saturated carbocycles. The highest BCUT2D eigenvalue weighted by Gasteiger charge is 1.95. The topological polar surface area (TPSA) is 49.0 Å². The van der Waals surface area contributed by atoms with Gasteiger partial charge in [-0.05, 0) is 12.3 Å². The van der Waals surface area contributed by atoms with Gasteiger partial charge >= 0.3 is 0 Å². The average Bonchev–Trinajstić information content (AvgIpc) is 2.42. The van der Waals surface area contributed by atoms with Gasteiger partial charge < -0.3 is 24.3 Å². The summed E-state index contributed by atoms with van der Waals surface area (Å²) in [4.78, 5) is 0. The van der Waals surface area contributed by atoms with Crippen molar-refractivity contribution < 1.29 is 18.9 Å². The van der Waals surface area contributed by atoms with E-state index in [1.807, 2.05) is 0 Å². The van der Waals surface area contributed by atoms with E-state index in [2.05, 4.69) is 33.0 Å². The summed E-state index contributed by atoms with van der Waals surface area (Å²) in [5.41, 5.74) is 0. The molecule has 128 valence electrons. The van der Waals surface area contributed by atoms with Crippen LogP contribution in [0.5, 0.6) is 0 Å². The standard InChI is InChI=1S/C16H35NO4/c1-15(2)5-7-18-9-11-20-13-14-21-12-10-19-8-6-17-16(3)4/h15-17H,5-14H2,1-4H3. The molecule has 0 radical (unpaired) electrons. The van der Waals surface area contributed by atoms with E-state index in [0.29, 0.717) is 51.6 Å². The highest BCUT2D eigenvalue weighted by molar-refractivity contribution is 4.50. The summed E-state index contributed by atoms with van der Waals surface area (Å²) >= 11 is 0. The summed E-state index contributed by atoms with van der Waals surface area (Å²) in [7, 11) is 0. The van der Waals surface area contributed by atoms with Crippen LogP contribution in [0.2, 0.25) is 0 Å². The molecule has 0 saturated heterocycles. The van der Waals surface area contributed by atoms with Crippen LogP contribution in [0, 0.1) is 5.92 Å². The van der Waals surface area contributed by atoms with Gasteiger partial charge in [-0.25, -0.2) is 0 Å². The zero-order valence-electron chi connectivity index (χ0n) is 14.4. The predicted molar refractivity (Wildman–Crippen MR) is 85.9 cm³/mol. The molecule has 0 aliphatic heterocycles. The van der Waals surface area contributed by atoms with Gasteiger partial charge in [0.2, 0.25) is 0 Å². The fraction of sp³-hybridized carbons (Fsp3) is 1.00. The van der Waals surface area contributed by atoms with Crippen molar-refractivity contribution in [2.24, 2.45) is 5.92 Å². The Kier molecular flexibility index (Phi) is 16.0. The van der Waals surface area contributed by atoms with Gasteiger partial charge in [0.05, 0.1) is 46.2 Å². The first-order valence-electron chi connectivity index (χ1n) is 8.17. The molecule has 0 spiro atoms. The Morgan fingerprint density at radius 3 is 1.48 bits per heavy atom. The second kappa shape index (κ2) is 16.2. The van der Waals surface area contributed by atoms with E-state index in [0.717, 1.165) is 26.2 Å². The number of ether oxygens (including phenoxy) is 4. The van der Waals surface area contributed by atoms with Crippen molar-refractivity contribution in [3.63, 3.8) is 0 Å². The summed E-state index contributed by atoms with van der Waals surface area (Å²) in [6.07, 6.45) is 1.11. The van der Waals surface area contributed by atoms with Crippen LogP contribution in [0.4, 0.5) is 0 Å². The average molecular weight is 305 g/mol. The van der Waals surface area contributed by atoms with Crippen molar-refractivity contribution in [3.8, 4) is 0 Å². The highest BCUT2D eigenvalue weighted by Crippen LogP contribution is 1.98. The van der Waals surface area contributed by atoms with Crippen molar-refractivity contribution in [3.05, 3.63) is 0 Å². The maximum Gasteiger partial charge on any atom is 0.0701 e. The molecule has 0 amide bonds. The molecule has 0 heterocycles. The van der Waals surface area contributed by atoms with Gasteiger partial charge in [-0.15, -0.1) is 0 Å². The molecule has 5 heteroatoms. The van der Waals surface area contributed by atoms with Gasteiger partial charge in [-0.3, -0.25) is 0 Å². The second-order valence-electron chi connectivity index (χ2n) is 5.74. The number of nitrogens with one attached hydrogen (secondary N) is 1. The normalized spacial score (nSPS) is 11.7. The molecule has 5 nitrogen and oxygen atoms in total.